The minimum atomic E-state index is -0.342. The van der Waals surface area contributed by atoms with Gasteiger partial charge in [0.05, 0.1) is 5.69 Å². The molecule has 0 saturated heterocycles. The number of hydrogen-bond acceptors (Lipinski definition) is 7. The van der Waals surface area contributed by atoms with Gasteiger partial charge in [-0.2, -0.15) is 0 Å². The second-order valence-corrected chi connectivity index (χ2v) is 7.91. The molecule has 0 radical (unpaired) electrons. The van der Waals surface area contributed by atoms with Gasteiger partial charge in [0.1, 0.15) is 5.82 Å². The maximum atomic E-state index is 13.4. The Morgan fingerprint density at radius 3 is 2.79 bits per heavy atom. The first-order chi connectivity index (χ1) is 13.6. The lowest BCUT2D eigenvalue weighted by atomic mass is 10.2. The summed E-state index contributed by atoms with van der Waals surface area (Å²) < 4.78 is 14.8. The predicted molar refractivity (Wildman–Crippen MR) is 112 cm³/mol. The van der Waals surface area contributed by atoms with Crippen LogP contribution in [0.3, 0.4) is 0 Å². The molecule has 28 heavy (non-hydrogen) atoms. The van der Waals surface area contributed by atoms with Crippen molar-refractivity contribution >= 4 is 33.9 Å². The molecule has 0 aliphatic carbocycles. The van der Waals surface area contributed by atoms with Gasteiger partial charge in [0.2, 0.25) is 5.16 Å². The molecule has 0 aliphatic heterocycles. The number of thiazole rings is 1. The number of halogens is 1. The molecule has 0 spiro atoms. The van der Waals surface area contributed by atoms with Crippen molar-refractivity contribution in [1.29, 1.82) is 0 Å². The number of rotatable bonds is 6. The Morgan fingerprint density at radius 2 is 2.00 bits per heavy atom. The normalized spacial score (nSPS) is 10.9. The van der Waals surface area contributed by atoms with Crippen LogP contribution in [-0.2, 0) is 5.75 Å². The zero-order chi connectivity index (χ0) is 19.5. The monoisotopic (exact) mass is 412 g/mol. The highest BCUT2D eigenvalue weighted by Gasteiger charge is 2.13. The molecule has 0 unspecified atom stereocenters. The number of nitrogens with one attached hydrogen (secondary N) is 1. The van der Waals surface area contributed by atoms with Gasteiger partial charge >= 0.3 is 0 Å². The molecule has 4 aromatic rings. The van der Waals surface area contributed by atoms with E-state index in [0.29, 0.717) is 22.3 Å². The molecule has 0 atom stereocenters. The number of hydrogen-bond donors (Lipinski definition) is 2. The van der Waals surface area contributed by atoms with Crippen molar-refractivity contribution < 1.29 is 4.39 Å². The summed E-state index contributed by atoms with van der Waals surface area (Å²) in [6.45, 7) is 2.05. The van der Waals surface area contributed by atoms with Crippen molar-refractivity contribution in [2.75, 3.05) is 11.2 Å². The van der Waals surface area contributed by atoms with Crippen LogP contribution in [0.1, 0.15) is 11.3 Å². The first-order valence-corrected chi connectivity index (χ1v) is 10.3. The molecule has 0 aliphatic rings. The van der Waals surface area contributed by atoms with Crippen LogP contribution in [0, 0.1) is 12.7 Å². The quantitative estimate of drug-likeness (QED) is 0.356. The number of nitrogen functional groups attached to an aromatic ring is 1. The molecule has 2 aromatic heterocycles. The molecule has 0 fully saturated rings. The first kappa shape index (κ1) is 18.5. The van der Waals surface area contributed by atoms with E-state index in [4.69, 9.17) is 5.84 Å². The lowest BCUT2D eigenvalue weighted by molar-refractivity contribution is 0.628. The van der Waals surface area contributed by atoms with Crippen LogP contribution in [0.2, 0.25) is 0 Å². The van der Waals surface area contributed by atoms with Crippen LogP contribution < -0.4 is 11.2 Å². The third-order valence-electron chi connectivity index (χ3n) is 3.95. The maximum Gasteiger partial charge on any atom is 0.210 e. The summed E-state index contributed by atoms with van der Waals surface area (Å²) in [5.74, 6) is 6.77. The van der Waals surface area contributed by atoms with E-state index in [9.17, 15) is 4.39 Å². The number of benzene rings is 2. The molecule has 3 N–H and O–H groups in total. The average molecular weight is 413 g/mol. The van der Waals surface area contributed by atoms with Gasteiger partial charge in [-0.1, -0.05) is 41.6 Å². The van der Waals surface area contributed by atoms with Gasteiger partial charge in [-0.3, -0.25) is 0 Å². The molecule has 0 bridgehead atoms. The van der Waals surface area contributed by atoms with Crippen molar-refractivity contribution in [3.05, 3.63) is 71.0 Å². The van der Waals surface area contributed by atoms with Gasteiger partial charge in [-0.25, -0.2) is 14.1 Å². The van der Waals surface area contributed by atoms with Gasteiger partial charge < -0.3 is 11.2 Å². The molecule has 142 valence electrons. The maximum absolute atomic E-state index is 13.4. The molecule has 0 amide bonds. The van der Waals surface area contributed by atoms with Crippen LogP contribution in [-0.4, -0.2) is 19.9 Å². The van der Waals surface area contributed by atoms with Crippen LogP contribution in [0.4, 0.5) is 15.2 Å². The highest BCUT2D eigenvalue weighted by Crippen LogP contribution is 2.27. The molecule has 4 rings (SSSR count). The Morgan fingerprint density at radius 1 is 1.18 bits per heavy atom. The van der Waals surface area contributed by atoms with Crippen molar-refractivity contribution in [3.8, 4) is 11.4 Å². The summed E-state index contributed by atoms with van der Waals surface area (Å²) in [5.41, 5.74) is 3.71. The predicted octanol–water partition coefficient (Wildman–Crippen LogP) is 4.60. The highest BCUT2D eigenvalue weighted by atomic mass is 32.2. The lowest BCUT2D eigenvalue weighted by Crippen LogP contribution is -2.11. The number of nitrogens with zero attached hydrogens (tertiary/aromatic N) is 4. The Hall–Kier alpha value is -2.91. The fraction of sp³-hybridized carbons (Fsp3) is 0.105. The minimum Gasteiger partial charge on any atom is -0.335 e. The molecule has 6 nitrogen and oxygen atoms in total. The standard InChI is InChI=1S/C19H17FN6S2/c1-12-5-7-15(8-6-12)22-18-23-16(10-27-18)11-28-19-25-24-17(26(19)21)13-3-2-4-14(20)9-13/h2-10H,11,21H2,1H3,(H,22,23). The van der Waals surface area contributed by atoms with E-state index in [1.165, 1.54) is 34.1 Å². The number of anilines is 2. The Bertz CT molecular complexity index is 1090. The van der Waals surface area contributed by atoms with Crippen molar-refractivity contribution in [2.24, 2.45) is 0 Å². The molecule has 9 heteroatoms. The minimum absolute atomic E-state index is 0.342. The average Bonchev–Trinajstić information content (AvgIpc) is 3.28. The first-order valence-electron chi connectivity index (χ1n) is 8.46. The number of aryl methyl sites for hydroxylation is 1. The number of aromatic nitrogens is 4. The fourth-order valence-electron chi connectivity index (χ4n) is 2.53. The Labute approximate surface area is 169 Å². The molecular weight excluding hydrogens is 395 g/mol. The zero-order valence-corrected chi connectivity index (χ0v) is 16.6. The van der Waals surface area contributed by atoms with E-state index in [-0.39, 0.29) is 5.82 Å². The summed E-state index contributed by atoms with van der Waals surface area (Å²) in [6, 6.07) is 14.3. The number of nitrogens with two attached hydrogens (primary N) is 1. The largest absolute Gasteiger partial charge is 0.335 e. The molecule has 0 saturated carbocycles. The second-order valence-electron chi connectivity index (χ2n) is 6.11. The van der Waals surface area contributed by atoms with Crippen LogP contribution in [0.25, 0.3) is 11.4 Å². The van der Waals surface area contributed by atoms with E-state index in [0.717, 1.165) is 16.5 Å². The molecule has 2 heterocycles. The van der Waals surface area contributed by atoms with Gasteiger partial charge in [0.25, 0.3) is 0 Å². The number of thioether (sulfide) groups is 1. The van der Waals surface area contributed by atoms with E-state index < -0.39 is 0 Å². The van der Waals surface area contributed by atoms with E-state index in [1.54, 1.807) is 23.5 Å². The van der Waals surface area contributed by atoms with Crippen molar-refractivity contribution in [3.63, 3.8) is 0 Å². The van der Waals surface area contributed by atoms with Crippen molar-refractivity contribution in [2.45, 2.75) is 17.8 Å². The molecule has 2 aromatic carbocycles. The van der Waals surface area contributed by atoms with Gasteiger partial charge in [-0.15, -0.1) is 21.5 Å². The van der Waals surface area contributed by atoms with Crippen LogP contribution >= 0.6 is 23.1 Å². The van der Waals surface area contributed by atoms with Gasteiger partial charge in [0.15, 0.2) is 11.0 Å². The Kier molecular flexibility index (Phi) is 5.27. The Balaban J connectivity index is 1.41. The lowest BCUT2D eigenvalue weighted by Gasteiger charge is -2.03. The summed E-state index contributed by atoms with van der Waals surface area (Å²) in [7, 11) is 0. The van der Waals surface area contributed by atoms with Gasteiger partial charge in [0, 0.05) is 22.4 Å². The van der Waals surface area contributed by atoms with E-state index in [2.05, 4.69) is 39.6 Å². The summed E-state index contributed by atoms with van der Waals surface area (Å²) in [6.07, 6.45) is 0. The zero-order valence-electron chi connectivity index (χ0n) is 15.0. The summed E-state index contributed by atoms with van der Waals surface area (Å²) >= 11 is 2.97. The smallest absolute Gasteiger partial charge is 0.210 e. The topological polar surface area (TPSA) is 81.7 Å². The second kappa shape index (κ2) is 7.99. The van der Waals surface area contributed by atoms with Crippen LogP contribution in [0.15, 0.2) is 59.1 Å². The molecular formula is C19H17FN6S2. The fourth-order valence-corrected chi connectivity index (χ4v) is 4.11. The SMILES string of the molecule is Cc1ccc(Nc2nc(CSc3nnc(-c4cccc(F)c4)n3N)cs2)cc1. The van der Waals surface area contributed by atoms with Gasteiger partial charge in [-0.05, 0) is 31.2 Å². The summed E-state index contributed by atoms with van der Waals surface area (Å²) in [4.78, 5) is 4.59. The van der Waals surface area contributed by atoms with E-state index >= 15 is 0 Å². The van der Waals surface area contributed by atoms with Crippen LogP contribution in [0.5, 0.6) is 0 Å². The van der Waals surface area contributed by atoms with Crippen molar-refractivity contribution in [1.82, 2.24) is 19.9 Å². The highest BCUT2D eigenvalue weighted by molar-refractivity contribution is 7.98. The third-order valence-corrected chi connectivity index (χ3v) is 5.73. The third kappa shape index (κ3) is 4.15. The van der Waals surface area contributed by atoms with E-state index in [1.807, 2.05) is 17.5 Å². The summed E-state index contributed by atoms with van der Waals surface area (Å²) in [5, 5.41) is 14.8.